The Hall–Kier alpha value is -0.830. The quantitative estimate of drug-likeness (QED) is 0.587. The fraction of sp³-hybridized carbons (Fsp3) is 0.333. The highest BCUT2D eigenvalue weighted by Crippen LogP contribution is 1.94. The van der Waals surface area contributed by atoms with Crippen molar-refractivity contribution in [3.8, 4) is 0 Å². The maximum absolute atomic E-state index is 5.57. The average Bonchev–Trinajstić information content (AvgIpc) is 1.88. The van der Waals surface area contributed by atoms with Gasteiger partial charge in [-0.1, -0.05) is 11.6 Å². The third-order valence-electron chi connectivity index (χ3n) is 0.923. The maximum Gasteiger partial charge on any atom is 0.259 e. The summed E-state index contributed by atoms with van der Waals surface area (Å²) in [5, 5.41) is 0.427. The number of nitrogens with zero attached hydrogens (tertiary/aromatic N) is 2. The molecule has 1 heterocycles. The summed E-state index contributed by atoms with van der Waals surface area (Å²) in [7, 11) is 0. The third kappa shape index (κ3) is 1.84. The fourth-order valence-corrected chi connectivity index (χ4v) is 0.734. The Morgan fingerprint density at radius 2 is 2.60 bits per heavy atom. The zero-order valence-corrected chi connectivity index (χ0v) is 6.38. The van der Waals surface area contributed by atoms with Crippen LogP contribution in [0, 0.1) is 0 Å². The summed E-state index contributed by atoms with van der Waals surface area (Å²) in [5.74, 6) is 0. The smallest absolute Gasteiger partial charge is 0.259 e. The van der Waals surface area contributed by atoms with E-state index in [-0.39, 0.29) is 0 Å². The molecule has 0 aromatic carbocycles. The van der Waals surface area contributed by atoms with Gasteiger partial charge in [-0.2, -0.15) is 0 Å². The topological polar surface area (TPSA) is 26.0 Å². The van der Waals surface area contributed by atoms with Crippen LogP contribution in [0.5, 0.6) is 0 Å². The standard InChI is InChI=1S/C6H8ClN2O/c1-2-10-9-4-3-8-6(7)5-9/h3-5H,2H2,1H3/q+1. The lowest BCUT2D eigenvalue weighted by atomic mass is 10.8. The van der Waals surface area contributed by atoms with Gasteiger partial charge in [0.2, 0.25) is 6.20 Å². The first-order valence-electron chi connectivity index (χ1n) is 2.99. The lowest BCUT2D eigenvalue weighted by Crippen LogP contribution is -2.41. The Kier molecular flexibility index (Phi) is 2.45. The van der Waals surface area contributed by atoms with E-state index in [2.05, 4.69) is 4.98 Å². The van der Waals surface area contributed by atoms with Crippen LogP contribution in [0.1, 0.15) is 6.92 Å². The lowest BCUT2D eigenvalue weighted by molar-refractivity contribution is -0.891. The van der Waals surface area contributed by atoms with Crippen molar-refractivity contribution in [1.29, 1.82) is 0 Å². The second-order valence-electron chi connectivity index (χ2n) is 1.66. The van der Waals surface area contributed by atoms with Crippen molar-refractivity contribution in [3.05, 3.63) is 23.7 Å². The highest BCUT2D eigenvalue weighted by atomic mass is 35.5. The van der Waals surface area contributed by atoms with Gasteiger partial charge in [0.15, 0.2) is 11.8 Å². The number of hydrogen-bond donors (Lipinski definition) is 0. The van der Waals surface area contributed by atoms with Crippen LogP contribution in [0.2, 0.25) is 5.15 Å². The highest BCUT2D eigenvalue weighted by molar-refractivity contribution is 6.29. The van der Waals surface area contributed by atoms with Gasteiger partial charge >= 0.3 is 0 Å². The molecule has 54 valence electrons. The molecule has 1 aromatic rings. The van der Waals surface area contributed by atoms with Crippen LogP contribution in [-0.4, -0.2) is 11.6 Å². The van der Waals surface area contributed by atoms with E-state index in [0.29, 0.717) is 11.8 Å². The molecule has 0 unspecified atom stereocenters. The summed E-state index contributed by atoms with van der Waals surface area (Å²) < 4.78 is 1.52. The molecule has 10 heavy (non-hydrogen) atoms. The molecular formula is C6H8ClN2O+. The second-order valence-corrected chi connectivity index (χ2v) is 2.04. The van der Waals surface area contributed by atoms with Gasteiger partial charge in [0.25, 0.3) is 6.20 Å². The van der Waals surface area contributed by atoms with E-state index < -0.39 is 0 Å². The summed E-state index contributed by atoms with van der Waals surface area (Å²) >= 11 is 5.57. The minimum Gasteiger partial charge on any atom is -0.272 e. The Morgan fingerprint density at radius 3 is 3.20 bits per heavy atom. The number of halogens is 1. The fourth-order valence-electron chi connectivity index (χ4n) is 0.581. The van der Waals surface area contributed by atoms with E-state index in [4.69, 9.17) is 16.4 Å². The molecule has 0 fully saturated rings. The van der Waals surface area contributed by atoms with Crippen molar-refractivity contribution in [2.24, 2.45) is 0 Å². The summed E-state index contributed by atoms with van der Waals surface area (Å²) in [5.41, 5.74) is 0. The molecule has 0 aliphatic rings. The van der Waals surface area contributed by atoms with Crippen molar-refractivity contribution < 1.29 is 9.57 Å². The molecule has 0 spiro atoms. The predicted molar refractivity (Wildman–Crippen MR) is 36.6 cm³/mol. The average molecular weight is 160 g/mol. The third-order valence-corrected chi connectivity index (χ3v) is 1.12. The van der Waals surface area contributed by atoms with Crippen LogP contribution in [0.3, 0.4) is 0 Å². The number of aromatic nitrogens is 2. The minimum atomic E-state index is 0.427. The molecule has 0 amide bonds. The van der Waals surface area contributed by atoms with E-state index in [1.165, 1.54) is 4.73 Å². The molecule has 0 atom stereocenters. The normalized spacial score (nSPS) is 9.40. The highest BCUT2D eigenvalue weighted by Gasteiger charge is 1.99. The van der Waals surface area contributed by atoms with Crippen LogP contribution >= 0.6 is 11.6 Å². The minimum absolute atomic E-state index is 0.427. The first-order valence-corrected chi connectivity index (χ1v) is 3.37. The maximum atomic E-state index is 5.57. The summed E-state index contributed by atoms with van der Waals surface area (Å²) in [4.78, 5) is 8.87. The molecule has 0 saturated heterocycles. The Balaban J connectivity index is 2.75. The predicted octanol–water partition coefficient (Wildman–Crippen LogP) is 0.471. The zero-order chi connectivity index (χ0) is 7.40. The summed E-state index contributed by atoms with van der Waals surface area (Å²) in [6.45, 7) is 2.52. The van der Waals surface area contributed by atoms with Gasteiger partial charge in [0.1, 0.15) is 0 Å². The van der Waals surface area contributed by atoms with Gasteiger partial charge in [0.05, 0.1) is 6.20 Å². The van der Waals surface area contributed by atoms with Crippen LogP contribution < -0.4 is 9.57 Å². The molecular weight excluding hydrogens is 152 g/mol. The van der Waals surface area contributed by atoms with Crippen molar-refractivity contribution in [3.63, 3.8) is 0 Å². The molecule has 4 heteroatoms. The van der Waals surface area contributed by atoms with Crippen LogP contribution in [0.15, 0.2) is 18.6 Å². The van der Waals surface area contributed by atoms with Crippen molar-refractivity contribution >= 4 is 11.6 Å². The zero-order valence-electron chi connectivity index (χ0n) is 5.62. The van der Waals surface area contributed by atoms with Crippen LogP contribution in [-0.2, 0) is 0 Å². The monoisotopic (exact) mass is 159 g/mol. The summed E-state index contributed by atoms with van der Waals surface area (Å²) in [6, 6.07) is 0. The Morgan fingerprint density at radius 1 is 1.80 bits per heavy atom. The second kappa shape index (κ2) is 3.37. The van der Waals surface area contributed by atoms with Crippen molar-refractivity contribution in [2.45, 2.75) is 6.92 Å². The Labute approximate surface area is 64.2 Å². The van der Waals surface area contributed by atoms with Gasteiger partial charge < -0.3 is 0 Å². The van der Waals surface area contributed by atoms with Crippen molar-refractivity contribution in [1.82, 2.24) is 4.98 Å². The number of hydrogen-bond acceptors (Lipinski definition) is 2. The first kappa shape index (κ1) is 7.28. The molecule has 0 N–H and O–H groups in total. The van der Waals surface area contributed by atoms with Gasteiger partial charge in [0, 0.05) is 4.73 Å². The van der Waals surface area contributed by atoms with Crippen molar-refractivity contribution in [2.75, 3.05) is 6.61 Å². The van der Waals surface area contributed by atoms with Gasteiger partial charge in [-0.15, -0.1) is 0 Å². The molecule has 0 aliphatic carbocycles. The Bertz CT molecular complexity index is 217. The van der Waals surface area contributed by atoms with Gasteiger partial charge in [-0.05, 0) is 6.92 Å². The molecule has 0 aliphatic heterocycles. The molecule has 0 saturated carbocycles. The first-order chi connectivity index (χ1) is 4.83. The van der Waals surface area contributed by atoms with Crippen LogP contribution in [0.4, 0.5) is 0 Å². The SMILES string of the molecule is CCO[n+]1ccnc(Cl)c1. The van der Waals surface area contributed by atoms with Gasteiger partial charge in [-0.3, -0.25) is 4.84 Å². The van der Waals surface area contributed by atoms with E-state index in [1.807, 2.05) is 6.92 Å². The largest absolute Gasteiger partial charge is 0.272 e. The number of rotatable bonds is 2. The lowest BCUT2D eigenvalue weighted by Gasteiger charge is -1.91. The molecule has 0 bridgehead atoms. The van der Waals surface area contributed by atoms with E-state index in [0.717, 1.165) is 0 Å². The molecule has 1 rings (SSSR count). The summed E-state index contributed by atoms with van der Waals surface area (Å²) in [6.07, 6.45) is 4.87. The molecule has 3 nitrogen and oxygen atoms in total. The van der Waals surface area contributed by atoms with E-state index >= 15 is 0 Å². The van der Waals surface area contributed by atoms with Gasteiger partial charge in [-0.25, -0.2) is 4.98 Å². The molecule has 0 radical (unpaired) electrons. The van der Waals surface area contributed by atoms with E-state index in [1.54, 1.807) is 18.6 Å². The van der Waals surface area contributed by atoms with Crippen LogP contribution in [0.25, 0.3) is 0 Å². The van der Waals surface area contributed by atoms with E-state index in [9.17, 15) is 0 Å². The molecule has 1 aromatic heterocycles.